The fraction of sp³-hybridized carbons (Fsp3) is 0.500. The molecule has 0 bridgehead atoms. The first-order valence-electron chi connectivity index (χ1n) is 14.0. The molecule has 0 saturated carbocycles. The quantitative estimate of drug-likeness (QED) is 0.329. The lowest BCUT2D eigenvalue weighted by molar-refractivity contribution is -0.139. The molecule has 0 fully saturated rings. The molecule has 0 aromatic carbocycles. The van der Waals surface area contributed by atoms with Crippen molar-refractivity contribution in [1.82, 2.24) is 24.7 Å². The van der Waals surface area contributed by atoms with Gasteiger partial charge in [0.15, 0.2) is 5.65 Å². The topological polar surface area (TPSA) is 159 Å². The zero-order chi connectivity index (χ0) is 32.7. The summed E-state index contributed by atoms with van der Waals surface area (Å²) in [7, 11) is 1.59. The van der Waals surface area contributed by atoms with Gasteiger partial charge >= 0.3 is 18.2 Å². The summed E-state index contributed by atoms with van der Waals surface area (Å²) in [5.74, 6) is -1.04. The van der Waals surface area contributed by atoms with E-state index in [0.29, 0.717) is 49.4 Å². The first-order valence-corrected chi connectivity index (χ1v) is 15.0. The first-order chi connectivity index (χ1) is 20.4. The number of nitrogens with zero attached hydrogens (tertiary/aromatic N) is 6. The van der Waals surface area contributed by atoms with E-state index in [4.69, 9.17) is 19.3 Å². The molecule has 0 aliphatic carbocycles. The number of carbonyl (C=O) groups excluding carboxylic acids is 2. The Kier molecular flexibility index (Phi) is 8.97. The highest BCUT2D eigenvalue weighted by molar-refractivity contribution is 7.99. The molecular weight excluding hydrogens is 588 g/mol. The number of anilines is 1. The zero-order valence-corrected chi connectivity index (χ0v) is 27.5. The maximum Gasteiger partial charge on any atom is 0.427 e. The van der Waals surface area contributed by atoms with E-state index in [1.807, 2.05) is 13.8 Å². The number of hydrogen-bond acceptors (Lipinski definition) is 11. The number of methoxy groups -OCH3 is 1. The van der Waals surface area contributed by atoms with Crippen molar-refractivity contribution in [2.45, 2.75) is 85.1 Å². The summed E-state index contributed by atoms with van der Waals surface area (Å²) in [4.78, 5) is 53.3. The number of carboxylic acids is 1. The number of thioether (sulfide) groups is 1. The molecule has 3 aromatic heterocycles. The maximum atomic E-state index is 13.4. The molecule has 1 N–H and O–H groups in total. The Bertz CT molecular complexity index is 1640. The third-order valence-electron chi connectivity index (χ3n) is 6.60. The third kappa shape index (κ3) is 6.95. The number of ether oxygens (including phenoxy) is 3. The molecule has 0 spiro atoms. The number of carboxylic acid groups (broad SMARTS) is 1. The minimum Gasteiger partial charge on any atom is -0.496 e. The largest absolute Gasteiger partial charge is 0.496 e. The normalized spacial score (nSPS) is 14.0. The lowest BCUT2D eigenvalue weighted by Gasteiger charge is -2.27. The van der Waals surface area contributed by atoms with E-state index >= 15 is 0 Å². The van der Waals surface area contributed by atoms with E-state index in [9.17, 15) is 19.5 Å². The van der Waals surface area contributed by atoms with Crippen LogP contribution in [0.2, 0.25) is 0 Å². The van der Waals surface area contributed by atoms with E-state index in [-0.39, 0.29) is 12.5 Å². The van der Waals surface area contributed by atoms with Crippen molar-refractivity contribution in [2.24, 2.45) is 5.92 Å². The smallest absolute Gasteiger partial charge is 0.427 e. The second-order valence-corrected chi connectivity index (χ2v) is 13.4. The number of pyridine rings is 1. The molecule has 0 radical (unpaired) electrons. The summed E-state index contributed by atoms with van der Waals surface area (Å²) in [6, 6.07) is 0. The van der Waals surface area contributed by atoms with E-state index < -0.39 is 35.3 Å². The van der Waals surface area contributed by atoms with Gasteiger partial charge in [0.05, 0.1) is 36.3 Å². The average Bonchev–Trinajstić information content (AvgIpc) is 3.11. The number of aryl methyl sites for hydroxylation is 1. The number of rotatable bonds is 6. The van der Waals surface area contributed by atoms with Crippen LogP contribution in [0.3, 0.4) is 0 Å². The van der Waals surface area contributed by atoms with E-state index in [1.54, 1.807) is 72.5 Å². The maximum absolute atomic E-state index is 13.4. The lowest BCUT2D eigenvalue weighted by Crippen LogP contribution is -2.44. The van der Waals surface area contributed by atoms with Gasteiger partial charge in [-0.3, -0.25) is 9.78 Å². The molecule has 44 heavy (non-hydrogen) atoms. The van der Waals surface area contributed by atoms with E-state index in [2.05, 4.69) is 15.0 Å². The predicted octanol–water partition coefficient (Wildman–Crippen LogP) is 5.78. The van der Waals surface area contributed by atoms with Crippen molar-refractivity contribution in [3.63, 3.8) is 0 Å². The van der Waals surface area contributed by atoms with Crippen LogP contribution in [0.1, 0.15) is 71.0 Å². The van der Waals surface area contributed by atoms with Gasteiger partial charge in [-0.15, -0.1) is 16.7 Å². The van der Waals surface area contributed by atoms with Gasteiger partial charge in [-0.05, 0) is 74.0 Å². The van der Waals surface area contributed by atoms with Crippen molar-refractivity contribution in [3.8, 4) is 5.75 Å². The molecule has 1 atom stereocenters. The van der Waals surface area contributed by atoms with Crippen LogP contribution in [0, 0.1) is 19.8 Å². The summed E-state index contributed by atoms with van der Waals surface area (Å²) in [6.07, 6.45) is 1.42. The Hall–Kier alpha value is -4.20. The van der Waals surface area contributed by atoms with Crippen molar-refractivity contribution < 1.29 is 33.7 Å². The number of aromatic nitrogens is 5. The van der Waals surface area contributed by atoms with Gasteiger partial charge in [-0.2, -0.15) is 10.1 Å². The molecule has 1 aliphatic rings. The van der Waals surface area contributed by atoms with Crippen LogP contribution >= 0.6 is 11.8 Å². The fourth-order valence-corrected chi connectivity index (χ4v) is 5.60. The number of hydrogen-bond donors (Lipinski definition) is 1. The molecular formula is C30H38N6O7S. The molecule has 1 unspecified atom stereocenters. The molecule has 14 heteroatoms. The number of imide groups is 1. The SMILES string of the molecule is COc1c(C)cnc(Cn2nc3c4c(nc(N(C(=O)OC(C)(C)C)C(=O)OC(C)(C)C)nc42)SCC(C(C)C(=O)O)=C3)c1C. The van der Waals surface area contributed by atoms with Crippen molar-refractivity contribution in [1.29, 1.82) is 0 Å². The molecule has 2 amide bonds. The van der Waals surface area contributed by atoms with E-state index in [0.717, 1.165) is 11.1 Å². The van der Waals surface area contributed by atoms with Crippen LogP contribution in [0.4, 0.5) is 15.5 Å². The number of aliphatic carboxylic acids is 1. The van der Waals surface area contributed by atoms with Crippen molar-refractivity contribution in [3.05, 3.63) is 34.3 Å². The number of amides is 2. The van der Waals surface area contributed by atoms with Crippen LogP contribution in [0.15, 0.2) is 16.8 Å². The Morgan fingerprint density at radius 3 is 2.23 bits per heavy atom. The summed E-state index contributed by atoms with van der Waals surface area (Å²) in [5, 5.41) is 15.5. The summed E-state index contributed by atoms with van der Waals surface area (Å²) >= 11 is 1.27. The van der Waals surface area contributed by atoms with Gasteiger partial charge in [0.25, 0.3) is 0 Å². The minimum absolute atomic E-state index is 0.163. The Labute approximate surface area is 260 Å². The minimum atomic E-state index is -1.01. The summed E-state index contributed by atoms with van der Waals surface area (Å²) in [5.41, 5.74) is 1.88. The summed E-state index contributed by atoms with van der Waals surface area (Å²) < 4.78 is 18.3. The fourth-order valence-electron chi connectivity index (χ4n) is 4.47. The highest BCUT2D eigenvalue weighted by atomic mass is 32.2. The molecule has 236 valence electrons. The van der Waals surface area contributed by atoms with Crippen LogP contribution in [-0.4, -0.2) is 72.1 Å². The molecule has 4 rings (SSSR count). The van der Waals surface area contributed by atoms with Gasteiger partial charge in [0.2, 0.25) is 5.95 Å². The first kappa shape index (κ1) is 32.7. The third-order valence-corrected chi connectivity index (χ3v) is 7.65. The van der Waals surface area contributed by atoms with Gasteiger partial charge in [-0.1, -0.05) is 0 Å². The molecule has 4 heterocycles. The molecule has 0 saturated heterocycles. The van der Waals surface area contributed by atoms with Crippen LogP contribution in [0.5, 0.6) is 5.75 Å². The average molecular weight is 627 g/mol. The highest BCUT2D eigenvalue weighted by Crippen LogP contribution is 2.38. The van der Waals surface area contributed by atoms with E-state index in [1.165, 1.54) is 11.8 Å². The Morgan fingerprint density at radius 1 is 1.07 bits per heavy atom. The zero-order valence-electron chi connectivity index (χ0n) is 26.6. The Balaban J connectivity index is 1.96. The van der Waals surface area contributed by atoms with Gasteiger partial charge in [0.1, 0.15) is 22.0 Å². The van der Waals surface area contributed by atoms with Gasteiger partial charge in [0, 0.05) is 23.1 Å². The van der Waals surface area contributed by atoms with Crippen molar-refractivity contribution >= 4 is 53.0 Å². The van der Waals surface area contributed by atoms with Crippen LogP contribution in [0.25, 0.3) is 17.1 Å². The number of carbonyl (C=O) groups is 3. The van der Waals surface area contributed by atoms with Crippen LogP contribution in [-0.2, 0) is 20.8 Å². The molecule has 3 aromatic rings. The lowest BCUT2D eigenvalue weighted by atomic mass is 10.0. The monoisotopic (exact) mass is 626 g/mol. The molecule has 13 nitrogen and oxygen atoms in total. The second-order valence-electron chi connectivity index (χ2n) is 12.5. The van der Waals surface area contributed by atoms with Gasteiger partial charge < -0.3 is 19.3 Å². The van der Waals surface area contributed by atoms with Crippen molar-refractivity contribution in [2.75, 3.05) is 17.8 Å². The Morgan fingerprint density at radius 2 is 1.68 bits per heavy atom. The standard InChI is InChI=1S/C30H38N6O7S/c1-15-12-31-20(17(3)22(15)41-10)13-35-23-21-19(34-35)11-18(16(2)25(37)38)14-44-24(21)33-26(32-23)36(27(39)42-29(4,5)6)28(40)43-30(7,8)9/h11-12,16H,13-14H2,1-10H3,(H,37,38). The summed E-state index contributed by atoms with van der Waals surface area (Å²) in [6.45, 7) is 15.6. The van der Waals surface area contributed by atoms with Crippen LogP contribution < -0.4 is 9.64 Å². The predicted molar refractivity (Wildman–Crippen MR) is 165 cm³/mol. The highest BCUT2D eigenvalue weighted by Gasteiger charge is 2.36. The second kappa shape index (κ2) is 12.1. The molecule has 1 aliphatic heterocycles. The van der Waals surface area contributed by atoms with Gasteiger partial charge in [-0.25, -0.2) is 19.3 Å².